The molecule has 1 heterocycles. The molecule has 0 atom stereocenters. The molecule has 0 aromatic heterocycles. The van der Waals surface area contributed by atoms with E-state index in [0.717, 1.165) is 6.32 Å². The predicted octanol–water partition coefficient (Wildman–Crippen LogP) is 0.397. The summed E-state index contributed by atoms with van der Waals surface area (Å²) in [6, 6.07) is 0. The van der Waals surface area contributed by atoms with Crippen LogP contribution in [0.2, 0.25) is 6.32 Å². The summed E-state index contributed by atoms with van der Waals surface area (Å²) in [5.74, 6) is 2.07. The van der Waals surface area contributed by atoms with Crippen molar-refractivity contribution >= 4 is 13.5 Å². The largest absolute Gasteiger partial charge is 0.271 e. The number of hydrogen-bond donors (Lipinski definition) is 0. The molecular formula is C4H6BN. The third-order valence-electron chi connectivity index (χ3n) is 0.759. The zero-order valence-corrected chi connectivity index (χ0v) is 3.59. The van der Waals surface area contributed by atoms with Gasteiger partial charge in [-0.25, -0.2) is 0 Å². The maximum atomic E-state index is 3.87. The molecule has 30 valence electrons. The summed E-state index contributed by atoms with van der Waals surface area (Å²) >= 11 is 0. The Morgan fingerprint density at radius 1 is 1.67 bits per heavy atom. The van der Waals surface area contributed by atoms with Crippen molar-refractivity contribution in [2.24, 2.45) is 4.99 Å². The van der Waals surface area contributed by atoms with E-state index in [0.29, 0.717) is 0 Å². The lowest BCUT2D eigenvalue weighted by atomic mass is 9.75. The normalized spacial score (nSPS) is 17.3. The number of aliphatic imine (C=N–C) groups is 1. The van der Waals surface area contributed by atoms with Crippen LogP contribution in [0.5, 0.6) is 0 Å². The predicted molar refractivity (Wildman–Crippen MR) is 29.6 cm³/mol. The molecule has 6 heavy (non-hydrogen) atoms. The molecule has 0 aliphatic carbocycles. The average molecular weight is 78.9 g/mol. The van der Waals surface area contributed by atoms with Gasteiger partial charge in [0, 0.05) is 6.20 Å². The van der Waals surface area contributed by atoms with Crippen molar-refractivity contribution in [1.29, 1.82) is 0 Å². The van der Waals surface area contributed by atoms with E-state index in [-0.39, 0.29) is 0 Å². The van der Waals surface area contributed by atoms with Gasteiger partial charge in [0.05, 0.1) is 0 Å². The van der Waals surface area contributed by atoms with E-state index in [2.05, 4.69) is 11.0 Å². The molecule has 1 aliphatic rings. The molecule has 0 spiro atoms. The first-order valence-corrected chi connectivity index (χ1v) is 2.17. The maximum Gasteiger partial charge on any atom is 0.155 e. The van der Waals surface area contributed by atoms with E-state index in [1.54, 1.807) is 0 Å². The van der Waals surface area contributed by atoms with Crippen molar-refractivity contribution in [3.63, 3.8) is 0 Å². The molecule has 0 aromatic rings. The Kier molecular flexibility index (Phi) is 1.10. The van der Waals surface area contributed by atoms with Gasteiger partial charge in [-0.2, -0.15) is 0 Å². The molecule has 1 aliphatic heterocycles. The molecule has 0 unspecified atom stereocenters. The number of nitrogens with zero attached hydrogens (tertiary/aromatic N) is 1. The third-order valence-corrected chi connectivity index (χ3v) is 0.759. The van der Waals surface area contributed by atoms with Crippen LogP contribution in [0.25, 0.3) is 0 Å². The van der Waals surface area contributed by atoms with Crippen molar-refractivity contribution in [3.8, 4) is 0 Å². The quantitative estimate of drug-likeness (QED) is 0.372. The second kappa shape index (κ2) is 1.80. The highest BCUT2D eigenvalue weighted by Crippen LogP contribution is 1.83. The van der Waals surface area contributed by atoms with Crippen molar-refractivity contribution in [2.75, 3.05) is 0 Å². The summed E-state index contributed by atoms with van der Waals surface area (Å²) in [4.78, 5) is 3.87. The van der Waals surface area contributed by atoms with E-state index in [9.17, 15) is 0 Å². The van der Waals surface area contributed by atoms with Crippen molar-refractivity contribution in [1.82, 2.24) is 0 Å². The lowest BCUT2D eigenvalue weighted by Gasteiger charge is -1.85. The lowest BCUT2D eigenvalue weighted by molar-refractivity contribution is 1.56. The summed E-state index contributed by atoms with van der Waals surface area (Å²) in [6.45, 7) is 0. The first kappa shape index (κ1) is 3.66. The van der Waals surface area contributed by atoms with Crippen LogP contribution in [-0.4, -0.2) is 13.5 Å². The molecule has 0 amide bonds. The molecular weight excluding hydrogens is 72.9 g/mol. The lowest BCUT2D eigenvalue weighted by Crippen LogP contribution is -1.87. The zero-order chi connectivity index (χ0) is 4.24. The highest BCUT2D eigenvalue weighted by atomic mass is 14.7. The Hall–Kier alpha value is -0.525. The van der Waals surface area contributed by atoms with Gasteiger partial charge in [0.25, 0.3) is 0 Å². The van der Waals surface area contributed by atoms with Gasteiger partial charge < -0.3 is 0 Å². The fraction of sp³-hybridized carbons (Fsp3) is 0.250. The van der Waals surface area contributed by atoms with Crippen molar-refractivity contribution in [3.05, 3.63) is 12.2 Å². The molecule has 0 fully saturated rings. The van der Waals surface area contributed by atoms with Gasteiger partial charge in [0.15, 0.2) is 7.28 Å². The third kappa shape index (κ3) is 0.710. The zero-order valence-electron chi connectivity index (χ0n) is 3.59. The van der Waals surface area contributed by atoms with Gasteiger partial charge in [-0.05, 0) is 12.5 Å². The van der Waals surface area contributed by atoms with E-state index in [4.69, 9.17) is 0 Å². The number of rotatable bonds is 0. The second-order valence-electron chi connectivity index (χ2n) is 1.29. The summed E-state index contributed by atoms with van der Waals surface area (Å²) in [7, 11) is 1.17. The van der Waals surface area contributed by atoms with E-state index in [1.165, 1.54) is 7.28 Å². The Bertz CT molecular complexity index is 73.5. The maximum absolute atomic E-state index is 3.87. The van der Waals surface area contributed by atoms with Gasteiger partial charge in [-0.3, -0.25) is 4.99 Å². The van der Waals surface area contributed by atoms with Crippen LogP contribution in [0.15, 0.2) is 17.2 Å². The van der Waals surface area contributed by atoms with Gasteiger partial charge in [0.2, 0.25) is 0 Å². The highest BCUT2D eigenvalue weighted by Gasteiger charge is 1.82. The Morgan fingerprint density at radius 3 is 2.83 bits per heavy atom. The summed E-state index contributed by atoms with van der Waals surface area (Å²) in [5, 5.41) is 0. The van der Waals surface area contributed by atoms with Crippen LogP contribution < -0.4 is 0 Å². The molecule has 0 saturated heterocycles. The molecule has 2 heteroatoms. The Balaban J connectivity index is 2.46. The molecule has 0 aromatic carbocycles. The molecule has 1 rings (SSSR count). The van der Waals surface area contributed by atoms with Crippen LogP contribution >= 0.6 is 0 Å². The Morgan fingerprint density at radius 2 is 2.67 bits per heavy atom. The van der Waals surface area contributed by atoms with Crippen LogP contribution in [0.1, 0.15) is 0 Å². The first-order valence-electron chi connectivity index (χ1n) is 2.17. The topological polar surface area (TPSA) is 12.4 Å². The van der Waals surface area contributed by atoms with Gasteiger partial charge >= 0.3 is 0 Å². The van der Waals surface area contributed by atoms with Crippen LogP contribution in [0.4, 0.5) is 0 Å². The minimum Gasteiger partial charge on any atom is -0.271 e. The van der Waals surface area contributed by atoms with Crippen LogP contribution in [0.3, 0.4) is 0 Å². The van der Waals surface area contributed by atoms with E-state index in [1.807, 2.05) is 12.4 Å². The SMILES string of the molecule is B1C=CN=CC1. The van der Waals surface area contributed by atoms with Gasteiger partial charge in [-0.15, -0.1) is 5.98 Å². The fourth-order valence-corrected chi connectivity index (χ4v) is 0.442. The minimum absolute atomic E-state index is 1.12. The van der Waals surface area contributed by atoms with Crippen LogP contribution in [-0.2, 0) is 0 Å². The number of hydrogen-bond acceptors (Lipinski definition) is 1. The standard InChI is InChI=1S/C4H6BN/c1-3-6-4-2-5-1/h1,3-5H,2H2. The van der Waals surface area contributed by atoms with Crippen molar-refractivity contribution < 1.29 is 0 Å². The first-order chi connectivity index (χ1) is 3.00. The molecule has 0 N–H and O–H groups in total. The van der Waals surface area contributed by atoms with E-state index >= 15 is 0 Å². The average Bonchev–Trinajstić information content (AvgIpc) is 1.72. The highest BCUT2D eigenvalue weighted by molar-refractivity contribution is 6.46. The monoisotopic (exact) mass is 79.1 g/mol. The molecule has 1 nitrogen and oxygen atoms in total. The summed E-state index contributed by atoms with van der Waals surface area (Å²) in [6.07, 6.45) is 4.89. The molecule has 0 radical (unpaired) electrons. The molecule has 0 bridgehead atoms. The van der Waals surface area contributed by atoms with Gasteiger partial charge in [0.1, 0.15) is 0 Å². The second-order valence-corrected chi connectivity index (χ2v) is 1.29. The smallest absolute Gasteiger partial charge is 0.155 e. The van der Waals surface area contributed by atoms with Crippen LogP contribution in [0, 0.1) is 0 Å². The fourth-order valence-electron chi connectivity index (χ4n) is 0.442. The Labute approximate surface area is 38.0 Å². The summed E-state index contributed by atoms with van der Waals surface area (Å²) in [5.41, 5.74) is 0. The molecule has 0 saturated carbocycles. The van der Waals surface area contributed by atoms with Crippen molar-refractivity contribution in [2.45, 2.75) is 6.32 Å². The van der Waals surface area contributed by atoms with E-state index < -0.39 is 0 Å². The summed E-state index contributed by atoms with van der Waals surface area (Å²) < 4.78 is 0. The van der Waals surface area contributed by atoms with Gasteiger partial charge in [-0.1, -0.05) is 0 Å². The minimum atomic E-state index is 1.12.